The highest BCUT2D eigenvalue weighted by Gasteiger charge is 2.47. The molecule has 1 N–H and O–H groups in total. The summed E-state index contributed by atoms with van der Waals surface area (Å²) in [6.07, 6.45) is 3.87. The first-order valence-corrected chi connectivity index (χ1v) is 11.0. The summed E-state index contributed by atoms with van der Waals surface area (Å²) in [4.78, 5) is 38.1. The molecule has 1 heterocycles. The van der Waals surface area contributed by atoms with Crippen LogP contribution in [0, 0.1) is 18.8 Å². The molecule has 0 bridgehead atoms. The normalized spacial score (nSPS) is 22.0. The summed E-state index contributed by atoms with van der Waals surface area (Å²) in [6.45, 7) is 2.89. The van der Waals surface area contributed by atoms with Gasteiger partial charge in [-0.2, -0.15) is 11.8 Å². The summed E-state index contributed by atoms with van der Waals surface area (Å²) in [5.74, 6) is 1.28. The third kappa shape index (κ3) is 5.12. The molecule has 1 saturated carbocycles. The van der Waals surface area contributed by atoms with Gasteiger partial charge in [0.2, 0.25) is 17.7 Å². The maximum atomic E-state index is 12.4. The largest absolute Gasteiger partial charge is 0.355 e. The second-order valence-corrected chi connectivity index (χ2v) is 8.57. The average Bonchev–Trinajstić information content (AvgIpc) is 2.92. The molecular weight excluding hydrogens is 360 g/mol. The van der Waals surface area contributed by atoms with Gasteiger partial charge in [0.15, 0.2) is 0 Å². The summed E-state index contributed by atoms with van der Waals surface area (Å²) in [7, 11) is 0. The number of carbonyl (C=O) groups is 3. The van der Waals surface area contributed by atoms with Gasteiger partial charge in [-0.15, -0.1) is 0 Å². The molecule has 6 heteroatoms. The Balaban J connectivity index is 1.32. The number of likely N-dealkylation sites (tertiary alicyclic amines) is 1. The minimum absolute atomic E-state index is 0.0637. The lowest BCUT2D eigenvalue weighted by Crippen LogP contribution is -2.36. The van der Waals surface area contributed by atoms with E-state index in [1.165, 1.54) is 16.0 Å². The van der Waals surface area contributed by atoms with Crippen molar-refractivity contribution in [2.45, 2.75) is 44.8 Å². The summed E-state index contributed by atoms with van der Waals surface area (Å²) in [6, 6.07) is 8.47. The zero-order chi connectivity index (χ0) is 19.2. The number of thioether (sulfide) groups is 1. The molecule has 1 aliphatic carbocycles. The molecule has 1 aromatic rings. The topological polar surface area (TPSA) is 66.5 Å². The number of carbonyl (C=O) groups excluding carboxylic acids is 3. The molecule has 146 valence electrons. The number of benzene rings is 1. The van der Waals surface area contributed by atoms with Gasteiger partial charge in [-0.05, 0) is 25.3 Å². The van der Waals surface area contributed by atoms with Gasteiger partial charge in [0, 0.05) is 31.0 Å². The summed E-state index contributed by atoms with van der Waals surface area (Å²) < 4.78 is 0. The highest BCUT2D eigenvalue weighted by atomic mass is 32.2. The third-order valence-corrected chi connectivity index (χ3v) is 6.48. The fourth-order valence-corrected chi connectivity index (χ4v) is 4.71. The lowest BCUT2D eigenvalue weighted by atomic mass is 9.81. The van der Waals surface area contributed by atoms with Crippen molar-refractivity contribution in [1.82, 2.24) is 10.2 Å². The summed E-state index contributed by atoms with van der Waals surface area (Å²) >= 11 is 1.78. The molecule has 0 unspecified atom stereocenters. The first-order chi connectivity index (χ1) is 13.1. The van der Waals surface area contributed by atoms with Crippen LogP contribution in [0.25, 0.3) is 0 Å². The van der Waals surface area contributed by atoms with E-state index < -0.39 is 0 Å². The molecule has 27 heavy (non-hydrogen) atoms. The van der Waals surface area contributed by atoms with E-state index in [1.54, 1.807) is 11.8 Å². The number of amides is 3. The maximum absolute atomic E-state index is 12.4. The third-order valence-electron chi connectivity index (χ3n) is 5.45. The molecule has 0 radical (unpaired) electrons. The Bertz CT molecular complexity index is 665. The van der Waals surface area contributed by atoms with Gasteiger partial charge in [0.25, 0.3) is 0 Å². The lowest BCUT2D eigenvalue weighted by Gasteiger charge is -2.19. The molecule has 1 saturated heterocycles. The van der Waals surface area contributed by atoms with Gasteiger partial charge in [-0.25, -0.2) is 0 Å². The van der Waals surface area contributed by atoms with Crippen LogP contribution in [0.2, 0.25) is 0 Å². The number of nitrogens with zero attached hydrogens (tertiary/aromatic N) is 1. The van der Waals surface area contributed by atoms with Crippen LogP contribution in [0.15, 0.2) is 24.3 Å². The number of rotatable bonds is 8. The zero-order valence-electron chi connectivity index (χ0n) is 15.9. The number of nitrogens with one attached hydrogen (secondary N) is 1. The van der Waals surface area contributed by atoms with E-state index >= 15 is 0 Å². The highest BCUT2D eigenvalue weighted by Crippen LogP contribution is 2.37. The Kier molecular flexibility index (Phi) is 6.94. The predicted octanol–water partition coefficient (Wildman–Crippen LogP) is 2.91. The highest BCUT2D eigenvalue weighted by molar-refractivity contribution is 7.98. The number of hydrogen-bond donors (Lipinski definition) is 1. The van der Waals surface area contributed by atoms with E-state index in [0.717, 1.165) is 37.2 Å². The fourth-order valence-electron chi connectivity index (χ4n) is 3.89. The Labute approximate surface area is 165 Å². The second-order valence-electron chi connectivity index (χ2n) is 7.46. The van der Waals surface area contributed by atoms with Crippen LogP contribution in [0.4, 0.5) is 0 Å². The maximum Gasteiger partial charge on any atom is 0.233 e. The zero-order valence-corrected chi connectivity index (χ0v) is 16.7. The Morgan fingerprint density at radius 1 is 1.11 bits per heavy atom. The minimum atomic E-state index is -0.132. The van der Waals surface area contributed by atoms with Crippen LogP contribution in [0.3, 0.4) is 0 Å². The monoisotopic (exact) mass is 388 g/mol. The van der Waals surface area contributed by atoms with Gasteiger partial charge < -0.3 is 5.32 Å². The molecular formula is C21H28N2O3S. The van der Waals surface area contributed by atoms with Gasteiger partial charge in [-0.1, -0.05) is 42.7 Å². The van der Waals surface area contributed by atoms with Crippen molar-refractivity contribution in [1.29, 1.82) is 0 Å². The minimum Gasteiger partial charge on any atom is -0.355 e. The van der Waals surface area contributed by atoms with Gasteiger partial charge >= 0.3 is 0 Å². The Morgan fingerprint density at radius 3 is 2.37 bits per heavy atom. The quantitative estimate of drug-likeness (QED) is 0.549. The number of fused-ring (bicyclic) bond motifs is 1. The molecule has 1 aliphatic heterocycles. The molecule has 2 atom stereocenters. The molecule has 1 aromatic carbocycles. The van der Waals surface area contributed by atoms with Crippen LogP contribution in [-0.2, 0) is 20.1 Å². The van der Waals surface area contributed by atoms with Crippen molar-refractivity contribution in [3.8, 4) is 0 Å². The standard InChI is InChI=1S/C21H28N2O3S/c1-15-6-8-16(9-7-15)14-27-13-11-22-19(24)10-12-23-20(25)17-4-2-3-5-18(17)21(23)26/h6-9,17-18H,2-5,10-14H2,1H3,(H,22,24)/t17-,18+. The SMILES string of the molecule is Cc1ccc(CSCCNC(=O)CCN2C(=O)[C@H]3CCCC[C@H]3C2=O)cc1. The van der Waals surface area contributed by atoms with E-state index in [4.69, 9.17) is 0 Å². The molecule has 2 aliphatic rings. The van der Waals surface area contributed by atoms with Crippen molar-refractivity contribution in [3.63, 3.8) is 0 Å². The van der Waals surface area contributed by atoms with Gasteiger partial charge in [-0.3, -0.25) is 19.3 Å². The molecule has 3 amide bonds. The van der Waals surface area contributed by atoms with E-state index in [2.05, 4.69) is 36.5 Å². The molecule has 0 aromatic heterocycles. The molecule has 3 rings (SSSR count). The van der Waals surface area contributed by atoms with E-state index in [-0.39, 0.29) is 42.5 Å². The first-order valence-electron chi connectivity index (χ1n) is 9.81. The Morgan fingerprint density at radius 2 is 1.74 bits per heavy atom. The number of hydrogen-bond acceptors (Lipinski definition) is 4. The summed E-state index contributed by atoms with van der Waals surface area (Å²) in [5, 5.41) is 2.89. The van der Waals surface area contributed by atoms with E-state index in [1.807, 2.05) is 0 Å². The van der Waals surface area contributed by atoms with E-state index in [9.17, 15) is 14.4 Å². The number of imide groups is 1. The van der Waals surface area contributed by atoms with Crippen molar-refractivity contribution < 1.29 is 14.4 Å². The predicted molar refractivity (Wildman–Crippen MR) is 107 cm³/mol. The van der Waals surface area contributed by atoms with Crippen molar-refractivity contribution in [2.24, 2.45) is 11.8 Å². The number of aryl methyl sites for hydroxylation is 1. The molecule has 0 spiro atoms. The summed E-state index contributed by atoms with van der Waals surface area (Å²) in [5.41, 5.74) is 2.54. The fraction of sp³-hybridized carbons (Fsp3) is 0.571. The van der Waals surface area contributed by atoms with E-state index in [0.29, 0.717) is 6.54 Å². The molecule has 2 fully saturated rings. The average molecular weight is 389 g/mol. The van der Waals surface area contributed by atoms with Crippen molar-refractivity contribution in [2.75, 3.05) is 18.8 Å². The van der Waals surface area contributed by atoms with Crippen LogP contribution in [-0.4, -0.2) is 41.5 Å². The second kappa shape index (κ2) is 9.40. The first kappa shape index (κ1) is 19.9. The van der Waals surface area contributed by atoms with Gasteiger partial charge in [0.05, 0.1) is 11.8 Å². The van der Waals surface area contributed by atoms with Crippen molar-refractivity contribution in [3.05, 3.63) is 35.4 Å². The smallest absolute Gasteiger partial charge is 0.233 e. The van der Waals surface area contributed by atoms with Crippen molar-refractivity contribution >= 4 is 29.5 Å². The Hall–Kier alpha value is -1.82. The van der Waals surface area contributed by atoms with Gasteiger partial charge in [0.1, 0.15) is 0 Å². The van der Waals surface area contributed by atoms with Crippen LogP contribution in [0.5, 0.6) is 0 Å². The van der Waals surface area contributed by atoms with Crippen LogP contribution < -0.4 is 5.32 Å². The molecule has 5 nitrogen and oxygen atoms in total. The lowest BCUT2D eigenvalue weighted by molar-refractivity contribution is -0.140. The van der Waals surface area contributed by atoms with Crippen LogP contribution in [0.1, 0.15) is 43.2 Å². The van der Waals surface area contributed by atoms with Crippen LogP contribution >= 0.6 is 11.8 Å².